The normalized spacial score (nSPS) is 18.2. The van der Waals surface area contributed by atoms with Crippen LogP contribution in [0.25, 0.3) is 0 Å². The highest BCUT2D eigenvalue weighted by Crippen LogP contribution is 2.28. The van der Waals surface area contributed by atoms with Gasteiger partial charge in [0.05, 0.1) is 28.6 Å². The number of nitrogens with one attached hydrogen (secondary N) is 1. The number of carbonyl (C=O) groups is 1. The van der Waals surface area contributed by atoms with Gasteiger partial charge in [-0.15, -0.1) is 11.8 Å². The van der Waals surface area contributed by atoms with Gasteiger partial charge >= 0.3 is 0 Å². The SMILES string of the molecule is CSc1ccc(S(=O)(=O)Nc2ccc(S(=O)(=O)N3CCOCC3)cc2)cc1C(=O)N1CCC(C)CC1. The molecule has 2 aromatic carbocycles. The van der Waals surface area contributed by atoms with Crippen molar-refractivity contribution >= 4 is 43.4 Å². The highest BCUT2D eigenvalue weighted by Gasteiger charge is 2.27. The van der Waals surface area contributed by atoms with Crippen LogP contribution in [0.1, 0.15) is 30.1 Å². The molecule has 36 heavy (non-hydrogen) atoms. The number of hydrogen-bond acceptors (Lipinski definition) is 7. The molecule has 2 aliphatic heterocycles. The number of anilines is 1. The van der Waals surface area contributed by atoms with E-state index in [1.807, 2.05) is 6.26 Å². The van der Waals surface area contributed by atoms with Crippen molar-refractivity contribution < 1.29 is 26.4 Å². The number of amides is 1. The summed E-state index contributed by atoms with van der Waals surface area (Å²) in [5.41, 5.74) is 0.592. The number of rotatable bonds is 7. The summed E-state index contributed by atoms with van der Waals surface area (Å²) in [4.78, 5) is 15.8. The molecule has 2 aliphatic rings. The van der Waals surface area contributed by atoms with Gasteiger partial charge in [-0.2, -0.15) is 4.31 Å². The molecule has 0 saturated carbocycles. The van der Waals surface area contributed by atoms with Crippen LogP contribution < -0.4 is 4.72 Å². The highest BCUT2D eigenvalue weighted by atomic mass is 32.2. The zero-order valence-corrected chi connectivity index (χ0v) is 22.8. The van der Waals surface area contributed by atoms with Gasteiger partial charge in [0.1, 0.15) is 0 Å². The molecule has 0 bridgehead atoms. The number of sulfonamides is 2. The van der Waals surface area contributed by atoms with Gasteiger partial charge in [-0.3, -0.25) is 9.52 Å². The topological polar surface area (TPSA) is 113 Å². The minimum Gasteiger partial charge on any atom is -0.379 e. The van der Waals surface area contributed by atoms with Crippen molar-refractivity contribution in [3.8, 4) is 0 Å². The minimum atomic E-state index is -4.01. The van der Waals surface area contributed by atoms with Gasteiger partial charge in [0.2, 0.25) is 10.0 Å². The number of thioether (sulfide) groups is 1. The first kappa shape index (κ1) is 26.9. The first-order valence-electron chi connectivity index (χ1n) is 11.8. The maximum Gasteiger partial charge on any atom is 0.261 e. The molecule has 1 amide bonds. The number of ether oxygens (including phenoxy) is 1. The van der Waals surface area contributed by atoms with Gasteiger partial charge in [-0.05, 0) is 67.5 Å². The Morgan fingerprint density at radius 3 is 2.17 bits per heavy atom. The van der Waals surface area contributed by atoms with E-state index in [1.165, 1.54) is 52.5 Å². The summed E-state index contributed by atoms with van der Waals surface area (Å²) in [5, 5.41) is 0. The van der Waals surface area contributed by atoms with Crippen molar-refractivity contribution in [3.63, 3.8) is 0 Å². The molecule has 196 valence electrons. The largest absolute Gasteiger partial charge is 0.379 e. The Hall–Kier alpha value is -2.12. The standard InChI is InChI=1S/C24H31N3O6S3/c1-18-9-11-26(12-10-18)24(28)22-17-21(7-8-23(22)34-2)35(29,30)25-19-3-5-20(6-4-19)36(31,32)27-13-15-33-16-14-27/h3-8,17-18,25H,9-16H2,1-2H3. The minimum absolute atomic E-state index is 0.0287. The second-order valence-corrected chi connectivity index (χ2v) is 13.5. The molecule has 2 fully saturated rings. The van der Waals surface area contributed by atoms with E-state index in [9.17, 15) is 21.6 Å². The highest BCUT2D eigenvalue weighted by molar-refractivity contribution is 7.98. The van der Waals surface area contributed by atoms with Crippen LogP contribution in [0.2, 0.25) is 0 Å². The van der Waals surface area contributed by atoms with Crippen LogP contribution in [-0.2, 0) is 24.8 Å². The van der Waals surface area contributed by atoms with E-state index in [2.05, 4.69) is 11.6 Å². The van der Waals surface area contributed by atoms with Crippen LogP contribution in [0.5, 0.6) is 0 Å². The van der Waals surface area contributed by atoms with Gasteiger partial charge in [0, 0.05) is 36.8 Å². The van der Waals surface area contributed by atoms with E-state index in [-0.39, 0.29) is 34.5 Å². The van der Waals surface area contributed by atoms with Crippen LogP contribution in [0, 0.1) is 5.92 Å². The molecule has 0 atom stereocenters. The molecule has 0 radical (unpaired) electrons. The average molecular weight is 554 g/mol. The van der Waals surface area contributed by atoms with E-state index < -0.39 is 20.0 Å². The van der Waals surface area contributed by atoms with E-state index in [0.29, 0.717) is 37.8 Å². The fraction of sp³-hybridized carbons (Fsp3) is 0.458. The molecule has 0 spiro atoms. The molecule has 12 heteroatoms. The van der Waals surface area contributed by atoms with Crippen LogP contribution in [-0.4, -0.2) is 77.6 Å². The third-order valence-corrected chi connectivity index (χ3v) is 10.6. The maximum atomic E-state index is 13.2. The summed E-state index contributed by atoms with van der Waals surface area (Å²) in [5.74, 6) is 0.404. The Bertz CT molecular complexity index is 1300. The van der Waals surface area contributed by atoms with Crippen molar-refractivity contribution in [2.45, 2.75) is 34.5 Å². The van der Waals surface area contributed by atoms with E-state index in [0.717, 1.165) is 17.7 Å². The Kier molecular flexibility index (Phi) is 8.30. The molecule has 2 heterocycles. The summed E-state index contributed by atoms with van der Waals surface area (Å²) in [6.07, 6.45) is 3.71. The Morgan fingerprint density at radius 1 is 0.944 bits per heavy atom. The fourth-order valence-electron chi connectivity index (χ4n) is 4.25. The number of carbonyl (C=O) groups excluding carboxylic acids is 1. The summed E-state index contributed by atoms with van der Waals surface area (Å²) in [7, 11) is -7.69. The predicted molar refractivity (Wildman–Crippen MR) is 139 cm³/mol. The number of benzene rings is 2. The number of morpholine rings is 1. The third-order valence-electron chi connectivity index (χ3n) is 6.50. The lowest BCUT2D eigenvalue weighted by atomic mass is 9.98. The van der Waals surface area contributed by atoms with E-state index in [1.54, 1.807) is 11.0 Å². The predicted octanol–water partition coefficient (Wildman–Crippen LogP) is 3.10. The van der Waals surface area contributed by atoms with Gasteiger partial charge in [-0.1, -0.05) is 6.92 Å². The first-order chi connectivity index (χ1) is 17.1. The van der Waals surface area contributed by atoms with Gasteiger partial charge in [0.15, 0.2) is 0 Å². The molecule has 2 aromatic rings. The Balaban J connectivity index is 1.53. The van der Waals surface area contributed by atoms with E-state index >= 15 is 0 Å². The Morgan fingerprint density at radius 2 is 1.56 bits per heavy atom. The van der Waals surface area contributed by atoms with Gasteiger partial charge < -0.3 is 9.64 Å². The smallest absolute Gasteiger partial charge is 0.261 e. The lowest BCUT2D eigenvalue weighted by molar-refractivity contribution is 0.0693. The van der Waals surface area contributed by atoms with Crippen molar-refractivity contribution in [1.29, 1.82) is 0 Å². The van der Waals surface area contributed by atoms with Crippen molar-refractivity contribution in [2.24, 2.45) is 5.92 Å². The zero-order chi connectivity index (χ0) is 25.9. The van der Waals surface area contributed by atoms with Gasteiger partial charge in [0.25, 0.3) is 15.9 Å². The first-order valence-corrected chi connectivity index (χ1v) is 15.9. The van der Waals surface area contributed by atoms with Crippen LogP contribution in [0.4, 0.5) is 5.69 Å². The van der Waals surface area contributed by atoms with Gasteiger partial charge in [-0.25, -0.2) is 16.8 Å². The Labute approximate surface area is 217 Å². The van der Waals surface area contributed by atoms with E-state index in [4.69, 9.17) is 4.74 Å². The summed E-state index contributed by atoms with van der Waals surface area (Å²) in [6.45, 7) is 4.71. The summed E-state index contributed by atoms with van der Waals surface area (Å²) >= 11 is 1.40. The number of piperidine rings is 1. The molecule has 1 N–H and O–H groups in total. The lowest BCUT2D eigenvalue weighted by Gasteiger charge is -2.30. The number of nitrogens with zero attached hydrogens (tertiary/aromatic N) is 2. The molecule has 0 aromatic heterocycles. The maximum absolute atomic E-state index is 13.2. The number of hydrogen-bond donors (Lipinski definition) is 1. The quantitative estimate of drug-likeness (QED) is 0.524. The van der Waals surface area contributed by atoms with Crippen molar-refractivity contribution in [1.82, 2.24) is 9.21 Å². The van der Waals surface area contributed by atoms with Crippen LogP contribution in [0.3, 0.4) is 0 Å². The van der Waals surface area contributed by atoms with Crippen molar-refractivity contribution in [3.05, 3.63) is 48.0 Å². The lowest BCUT2D eigenvalue weighted by Crippen LogP contribution is -2.40. The molecule has 4 rings (SSSR count). The monoisotopic (exact) mass is 553 g/mol. The summed E-state index contributed by atoms with van der Waals surface area (Å²) < 4.78 is 61.0. The second kappa shape index (κ2) is 11.1. The van der Waals surface area contributed by atoms with Crippen LogP contribution >= 0.6 is 11.8 Å². The molecule has 2 saturated heterocycles. The zero-order valence-electron chi connectivity index (χ0n) is 20.3. The molecule has 9 nitrogen and oxygen atoms in total. The molecule has 0 unspecified atom stereocenters. The third kappa shape index (κ3) is 5.88. The molecular weight excluding hydrogens is 522 g/mol. The second-order valence-electron chi connectivity index (χ2n) is 8.98. The molecular formula is C24H31N3O6S3. The van der Waals surface area contributed by atoms with Crippen molar-refractivity contribution in [2.75, 3.05) is 50.4 Å². The summed E-state index contributed by atoms with van der Waals surface area (Å²) in [6, 6.07) is 10.1. The fourth-order valence-corrected chi connectivity index (χ4v) is 7.31. The number of likely N-dealkylation sites (tertiary alicyclic amines) is 1. The molecule has 0 aliphatic carbocycles. The van der Waals surface area contributed by atoms with Crippen LogP contribution in [0.15, 0.2) is 57.2 Å². The average Bonchev–Trinajstić information content (AvgIpc) is 2.89.